The molecule has 0 fully saturated rings. The molecule has 6 heteroatoms. The summed E-state index contributed by atoms with van der Waals surface area (Å²) in [6, 6.07) is 7.28. The minimum absolute atomic E-state index is 0.274. The lowest BCUT2D eigenvalue weighted by Gasteiger charge is -2.26. The first kappa shape index (κ1) is 19.6. The van der Waals surface area contributed by atoms with Gasteiger partial charge in [0.15, 0.2) is 0 Å². The summed E-state index contributed by atoms with van der Waals surface area (Å²) in [6.45, 7) is 7.52. The van der Waals surface area contributed by atoms with Gasteiger partial charge >= 0.3 is 5.97 Å². The van der Waals surface area contributed by atoms with Crippen LogP contribution in [-0.2, 0) is 26.9 Å². The number of methoxy groups -OCH3 is 2. The molecular weight excluding hydrogens is 314 g/mol. The second-order valence-electron chi connectivity index (χ2n) is 6.47. The third-order valence-corrected chi connectivity index (χ3v) is 5.27. The van der Waals surface area contributed by atoms with Crippen LogP contribution in [0.3, 0.4) is 0 Å². The Morgan fingerprint density at radius 3 is 2.22 bits per heavy atom. The maximum Gasteiger partial charge on any atom is 0.310 e. The van der Waals surface area contributed by atoms with Crippen LogP contribution >= 0.6 is 0 Å². The van der Waals surface area contributed by atoms with Gasteiger partial charge in [0.05, 0.1) is 35.9 Å². The van der Waals surface area contributed by atoms with Gasteiger partial charge in [0, 0.05) is 6.04 Å². The molecule has 0 aliphatic carbocycles. The number of benzene rings is 1. The zero-order chi connectivity index (χ0) is 17.6. The molecule has 0 bridgehead atoms. The van der Waals surface area contributed by atoms with Gasteiger partial charge in [-0.1, -0.05) is 12.1 Å². The fraction of sp³-hybridized carbons (Fsp3) is 0.588. The molecule has 0 aromatic heterocycles. The zero-order valence-corrected chi connectivity index (χ0v) is 15.5. The summed E-state index contributed by atoms with van der Waals surface area (Å²) in [6.07, 6.45) is 0.506. The highest BCUT2D eigenvalue weighted by atomic mass is 32.2. The van der Waals surface area contributed by atoms with Crippen molar-refractivity contribution >= 4 is 17.0 Å². The van der Waals surface area contributed by atoms with E-state index in [0.29, 0.717) is 6.42 Å². The van der Waals surface area contributed by atoms with E-state index in [2.05, 4.69) is 4.72 Å². The SMILES string of the molecule is COC(=O)[C@@H](Cc1ccc(OC)cc1)[C@@H](C)N[S@](=O)C(C)(C)C. The lowest BCUT2D eigenvalue weighted by Crippen LogP contribution is -2.45. The molecule has 0 spiro atoms. The first-order chi connectivity index (χ1) is 10.7. The van der Waals surface area contributed by atoms with Crippen LogP contribution in [0.5, 0.6) is 5.75 Å². The normalized spacial score (nSPS) is 15.6. The number of rotatable bonds is 7. The molecule has 0 heterocycles. The molecule has 0 saturated heterocycles. The van der Waals surface area contributed by atoms with E-state index >= 15 is 0 Å². The quantitative estimate of drug-likeness (QED) is 0.774. The zero-order valence-electron chi connectivity index (χ0n) is 14.7. The molecule has 0 saturated carbocycles. The minimum Gasteiger partial charge on any atom is -0.497 e. The Morgan fingerprint density at radius 2 is 1.78 bits per heavy atom. The third kappa shape index (κ3) is 5.95. The van der Waals surface area contributed by atoms with E-state index in [1.165, 1.54) is 7.11 Å². The summed E-state index contributed by atoms with van der Waals surface area (Å²) in [5, 5.41) is 0. The molecule has 0 aliphatic heterocycles. The number of nitrogens with one attached hydrogen (secondary N) is 1. The largest absolute Gasteiger partial charge is 0.497 e. The van der Waals surface area contributed by atoms with E-state index in [4.69, 9.17) is 9.47 Å². The second-order valence-corrected chi connectivity index (χ2v) is 8.47. The highest BCUT2D eigenvalue weighted by Crippen LogP contribution is 2.19. The molecular formula is C17H27NO4S. The number of hydrogen-bond donors (Lipinski definition) is 1. The number of carbonyl (C=O) groups excluding carboxylic acids is 1. The molecule has 1 aromatic rings. The van der Waals surface area contributed by atoms with Gasteiger partial charge in [-0.25, -0.2) is 8.93 Å². The number of hydrogen-bond acceptors (Lipinski definition) is 4. The Bertz CT molecular complexity index is 537. The van der Waals surface area contributed by atoms with Crippen molar-refractivity contribution in [3.05, 3.63) is 29.8 Å². The Kier molecular flexibility index (Phi) is 7.22. The third-order valence-electron chi connectivity index (χ3n) is 3.57. The molecule has 0 amide bonds. The smallest absolute Gasteiger partial charge is 0.310 e. The molecule has 3 atom stereocenters. The average molecular weight is 341 g/mol. The van der Waals surface area contributed by atoms with E-state index in [1.54, 1.807) is 7.11 Å². The Balaban J connectivity index is 2.86. The van der Waals surface area contributed by atoms with Gasteiger partial charge in [0.25, 0.3) is 0 Å². The van der Waals surface area contributed by atoms with Crippen molar-refractivity contribution < 1.29 is 18.5 Å². The van der Waals surface area contributed by atoms with Crippen molar-refractivity contribution in [3.63, 3.8) is 0 Å². The summed E-state index contributed by atoms with van der Waals surface area (Å²) < 4.78 is 24.9. The number of esters is 1. The maximum atomic E-state index is 12.3. The standard InChI is InChI=1S/C17H27NO4S/c1-12(18-23(20)17(2,3)4)15(16(19)22-6)11-13-7-9-14(21-5)10-8-13/h7-10,12,15,18H,11H2,1-6H3/t12-,15+,23-/m1/s1. The first-order valence-corrected chi connectivity index (χ1v) is 8.72. The Hall–Kier alpha value is -1.40. The van der Waals surface area contributed by atoms with Crippen LogP contribution < -0.4 is 9.46 Å². The fourth-order valence-corrected chi connectivity index (χ4v) is 2.91. The van der Waals surface area contributed by atoms with E-state index in [9.17, 15) is 9.00 Å². The molecule has 1 N–H and O–H groups in total. The summed E-state index contributed by atoms with van der Waals surface area (Å²) >= 11 is 0. The van der Waals surface area contributed by atoms with Crippen LogP contribution in [-0.4, -0.2) is 35.2 Å². The first-order valence-electron chi connectivity index (χ1n) is 7.57. The minimum atomic E-state index is -1.25. The molecule has 0 aliphatic rings. The molecule has 5 nitrogen and oxygen atoms in total. The van der Waals surface area contributed by atoms with Gasteiger partial charge in [0.1, 0.15) is 5.75 Å². The highest BCUT2D eigenvalue weighted by molar-refractivity contribution is 7.84. The summed E-state index contributed by atoms with van der Waals surface area (Å²) in [4.78, 5) is 12.1. The van der Waals surface area contributed by atoms with Gasteiger partial charge in [-0.15, -0.1) is 0 Å². The highest BCUT2D eigenvalue weighted by Gasteiger charge is 2.30. The molecule has 23 heavy (non-hydrogen) atoms. The van der Waals surface area contributed by atoms with Gasteiger partial charge < -0.3 is 9.47 Å². The van der Waals surface area contributed by atoms with Gasteiger partial charge in [-0.2, -0.15) is 0 Å². The van der Waals surface area contributed by atoms with Crippen LogP contribution in [0.4, 0.5) is 0 Å². The summed E-state index contributed by atoms with van der Waals surface area (Å²) in [5.41, 5.74) is 0.997. The van der Waals surface area contributed by atoms with E-state index in [-0.39, 0.29) is 12.0 Å². The summed E-state index contributed by atoms with van der Waals surface area (Å²) in [5.74, 6) is 0.0369. The van der Waals surface area contributed by atoms with Crippen molar-refractivity contribution in [2.45, 2.75) is 44.9 Å². The maximum absolute atomic E-state index is 12.3. The lowest BCUT2D eigenvalue weighted by molar-refractivity contribution is -0.146. The molecule has 0 unspecified atom stereocenters. The molecule has 1 aromatic carbocycles. The van der Waals surface area contributed by atoms with Crippen molar-refractivity contribution in [3.8, 4) is 5.75 Å². The van der Waals surface area contributed by atoms with Crippen LogP contribution in [0.2, 0.25) is 0 Å². The number of carbonyl (C=O) groups is 1. The van der Waals surface area contributed by atoms with Gasteiger partial charge in [0.2, 0.25) is 0 Å². The Morgan fingerprint density at radius 1 is 1.22 bits per heavy atom. The predicted molar refractivity (Wildman–Crippen MR) is 92.7 cm³/mol. The molecule has 1 rings (SSSR count). The predicted octanol–water partition coefficient (Wildman–Crippen LogP) is 2.47. The van der Waals surface area contributed by atoms with Crippen molar-refractivity contribution in [1.82, 2.24) is 4.72 Å². The van der Waals surface area contributed by atoms with E-state index in [1.807, 2.05) is 52.0 Å². The van der Waals surface area contributed by atoms with Crippen LogP contribution in [0.25, 0.3) is 0 Å². The monoisotopic (exact) mass is 341 g/mol. The van der Waals surface area contributed by atoms with E-state index < -0.39 is 21.7 Å². The number of ether oxygens (including phenoxy) is 2. The van der Waals surface area contributed by atoms with Crippen molar-refractivity contribution in [1.29, 1.82) is 0 Å². The molecule has 130 valence electrons. The Labute approximate surface area is 141 Å². The second kappa shape index (κ2) is 8.45. The van der Waals surface area contributed by atoms with Crippen LogP contribution in [0.15, 0.2) is 24.3 Å². The van der Waals surface area contributed by atoms with Gasteiger partial charge in [-0.05, 0) is 51.8 Å². The molecule has 0 radical (unpaired) electrons. The van der Waals surface area contributed by atoms with E-state index in [0.717, 1.165) is 11.3 Å². The van der Waals surface area contributed by atoms with Crippen LogP contribution in [0, 0.1) is 5.92 Å². The van der Waals surface area contributed by atoms with Gasteiger partial charge in [-0.3, -0.25) is 4.79 Å². The average Bonchev–Trinajstić information content (AvgIpc) is 2.51. The van der Waals surface area contributed by atoms with Crippen molar-refractivity contribution in [2.24, 2.45) is 5.92 Å². The topological polar surface area (TPSA) is 64.6 Å². The lowest BCUT2D eigenvalue weighted by atomic mass is 9.93. The fourth-order valence-electron chi connectivity index (χ4n) is 2.06. The van der Waals surface area contributed by atoms with Crippen molar-refractivity contribution in [2.75, 3.05) is 14.2 Å². The summed E-state index contributed by atoms with van der Waals surface area (Å²) in [7, 11) is 1.74. The van der Waals surface area contributed by atoms with Crippen LogP contribution in [0.1, 0.15) is 33.3 Å².